The maximum Gasteiger partial charge on any atom is 0.257 e. The Morgan fingerprint density at radius 3 is 2.74 bits per heavy atom. The van der Waals surface area contributed by atoms with Crippen LogP contribution in [-0.2, 0) is 7.05 Å². The van der Waals surface area contributed by atoms with Gasteiger partial charge in [-0.3, -0.25) is 14.5 Å². The topological polar surface area (TPSA) is 72.7 Å². The van der Waals surface area contributed by atoms with Gasteiger partial charge in [0.1, 0.15) is 0 Å². The summed E-state index contributed by atoms with van der Waals surface area (Å²) in [6, 6.07) is 12.7. The second-order valence-electron chi connectivity index (χ2n) is 6.18. The van der Waals surface area contributed by atoms with Crippen molar-refractivity contribution in [2.75, 3.05) is 5.32 Å². The number of pyridine rings is 2. The third-order valence-corrected chi connectivity index (χ3v) is 4.65. The summed E-state index contributed by atoms with van der Waals surface area (Å²) in [5.74, 6) is 0.225. The third kappa shape index (κ3) is 3.27. The van der Waals surface area contributed by atoms with Crippen LogP contribution in [0.1, 0.15) is 16.1 Å². The Morgan fingerprint density at radius 2 is 2.04 bits per heavy atom. The number of hydrogen-bond acceptors (Lipinski definition) is 4. The molecule has 0 radical (unpaired) electrons. The number of amides is 1. The van der Waals surface area contributed by atoms with Gasteiger partial charge in [-0.25, -0.2) is 4.98 Å². The molecule has 3 heterocycles. The molecular weight excluding hydrogens is 362 g/mol. The van der Waals surface area contributed by atoms with Crippen molar-refractivity contribution in [1.82, 2.24) is 19.7 Å². The smallest absolute Gasteiger partial charge is 0.257 e. The van der Waals surface area contributed by atoms with Crippen LogP contribution in [0, 0.1) is 6.92 Å². The summed E-state index contributed by atoms with van der Waals surface area (Å²) in [7, 11) is 1.83. The number of nitrogens with one attached hydrogen (secondary N) is 1. The fraction of sp³-hybridized carbons (Fsp3) is 0.100. The number of aryl methyl sites for hydroxylation is 2. The molecule has 134 valence electrons. The lowest BCUT2D eigenvalue weighted by molar-refractivity contribution is 0.102. The summed E-state index contributed by atoms with van der Waals surface area (Å²) in [4.78, 5) is 21.8. The van der Waals surface area contributed by atoms with Crippen LogP contribution in [0.2, 0.25) is 5.02 Å². The van der Waals surface area contributed by atoms with Crippen molar-refractivity contribution >= 4 is 34.2 Å². The standard InChI is InChI=1S/C20H16ClN5O/c1-12-9-18(25-26(12)2)24-20(27)15-10-17(13-5-4-8-22-11-13)23-19-14(15)6-3-7-16(19)21/h3-11H,1-2H3,(H,24,25,27). The van der Waals surface area contributed by atoms with E-state index in [1.54, 1.807) is 35.3 Å². The summed E-state index contributed by atoms with van der Waals surface area (Å²) < 4.78 is 1.71. The molecule has 4 aromatic rings. The van der Waals surface area contributed by atoms with Crippen molar-refractivity contribution in [2.24, 2.45) is 7.05 Å². The second kappa shape index (κ2) is 6.81. The first-order valence-corrected chi connectivity index (χ1v) is 8.72. The number of benzene rings is 1. The van der Waals surface area contributed by atoms with E-state index in [9.17, 15) is 4.79 Å². The van der Waals surface area contributed by atoms with E-state index in [-0.39, 0.29) is 5.91 Å². The van der Waals surface area contributed by atoms with Crippen LogP contribution in [0.15, 0.2) is 54.9 Å². The maximum absolute atomic E-state index is 13.0. The fourth-order valence-electron chi connectivity index (χ4n) is 2.87. The Hall–Kier alpha value is -3.25. The van der Waals surface area contributed by atoms with Crippen molar-refractivity contribution in [2.45, 2.75) is 6.92 Å². The van der Waals surface area contributed by atoms with Crippen LogP contribution >= 0.6 is 11.6 Å². The minimum atomic E-state index is -0.270. The van der Waals surface area contributed by atoms with E-state index in [4.69, 9.17) is 11.6 Å². The van der Waals surface area contributed by atoms with Gasteiger partial charge in [0.2, 0.25) is 0 Å². The van der Waals surface area contributed by atoms with Gasteiger partial charge in [-0.2, -0.15) is 5.10 Å². The van der Waals surface area contributed by atoms with Gasteiger partial charge in [0.25, 0.3) is 5.91 Å². The molecule has 1 amide bonds. The number of anilines is 1. The number of nitrogens with zero attached hydrogens (tertiary/aromatic N) is 4. The Labute approximate surface area is 160 Å². The molecule has 0 spiro atoms. The summed E-state index contributed by atoms with van der Waals surface area (Å²) in [6.45, 7) is 1.92. The Balaban J connectivity index is 1.85. The molecule has 7 heteroatoms. The highest BCUT2D eigenvalue weighted by atomic mass is 35.5. The molecule has 0 aliphatic carbocycles. The average Bonchev–Trinajstić information content (AvgIpc) is 2.99. The van der Waals surface area contributed by atoms with Crippen molar-refractivity contribution < 1.29 is 4.79 Å². The number of carbonyl (C=O) groups excluding carboxylic acids is 1. The number of para-hydroxylation sites is 1. The molecule has 1 aromatic carbocycles. The van der Waals surface area contributed by atoms with Crippen LogP contribution in [-0.4, -0.2) is 25.7 Å². The predicted octanol–water partition coefficient (Wildman–Crippen LogP) is 4.24. The van der Waals surface area contributed by atoms with Crippen LogP contribution in [0.3, 0.4) is 0 Å². The van der Waals surface area contributed by atoms with Gasteiger partial charge in [0.05, 0.1) is 21.8 Å². The summed E-state index contributed by atoms with van der Waals surface area (Å²) in [5.41, 5.74) is 3.43. The van der Waals surface area contributed by atoms with E-state index in [2.05, 4.69) is 20.4 Å². The number of hydrogen-bond donors (Lipinski definition) is 1. The molecule has 6 nitrogen and oxygen atoms in total. The molecule has 0 aliphatic heterocycles. The highest BCUT2D eigenvalue weighted by Crippen LogP contribution is 2.29. The molecule has 4 rings (SSSR count). The van der Waals surface area contributed by atoms with Crippen molar-refractivity contribution in [1.29, 1.82) is 0 Å². The lowest BCUT2D eigenvalue weighted by Crippen LogP contribution is -2.14. The molecule has 0 bridgehead atoms. The number of rotatable bonds is 3. The third-order valence-electron chi connectivity index (χ3n) is 4.35. The lowest BCUT2D eigenvalue weighted by atomic mass is 10.0. The predicted molar refractivity (Wildman–Crippen MR) is 106 cm³/mol. The summed E-state index contributed by atoms with van der Waals surface area (Å²) >= 11 is 6.35. The van der Waals surface area contributed by atoms with E-state index in [1.807, 2.05) is 38.2 Å². The number of halogens is 1. The number of aromatic nitrogens is 4. The molecular formula is C20H16ClN5O. The molecule has 0 unspecified atom stereocenters. The van der Waals surface area contributed by atoms with Crippen LogP contribution in [0.5, 0.6) is 0 Å². The number of fused-ring (bicyclic) bond motifs is 1. The van der Waals surface area contributed by atoms with Gasteiger partial charge < -0.3 is 5.32 Å². The van der Waals surface area contributed by atoms with Gasteiger partial charge in [-0.15, -0.1) is 0 Å². The number of carbonyl (C=O) groups is 1. The quantitative estimate of drug-likeness (QED) is 0.579. The zero-order valence-electron chi connectivity index (χ0n) is 14.8. The fourth-order valence-corrected chi connectivity index (χ4v) is 3.09. The first-order valence-electron chi connectivity index (χ1n) is 8.34. The molecule has 3 aromatic heterocycles. The lowest BCUT2D eigenvalue weighted by Gasteiger charge is -2.10. The van der Waals surface area contributed by atoms with Gasteiger partial charge >= 0.3 is 0 Å². The Bertz CT molecular complexity index is 1130. The van der Waals surface area contributed by atoms with Crippen molar-refractivity contribution in [3.05, 3.63) is 71.1 Å². The SMILES string of the molecule is Cc1cc(NC(=O)c2cc(-c3cccnc3)nc3c(Cl)cccc23)nn1C. The molecule has 0 saturated carbocycles. The molecule has 0 aliphatic rings. The van der Waals surface area contributed by atoms with E-state index >= 15 is 0 Å². The van der Waals surface area contributed by atoms with Crippen LogP contribution in [0.25, 0.3) is 22.2 Å². The zero-order chi connectivity index (χ0) is 19.0. The van der Waals surface area contributed by atoms with Gasteiger partial charge in [0, 0.05) is 42.2 Å². The van der Waals surface area contributed by atoms with Gasteiger partial charge in [-0.1, -0.05) is 23.7 Å². The van der Waals surface area contributed by atoms with Crippen LogP contribution < -0.4 is 5.32 Å². The first-order chi connectivity index (χ1) is 13.0. The summed E-state index contributed by atoms with van der Waals surface area (Å²) in [6.07, 6.45) is 3.39. The van der Waals surface area contributed by atoms with Gasteiger partial charge in [0.15, 0.2) is 5.82 Å². The Morgan fingerprint density at radius 1 is 1.19 bits per heavy atom. The normalized spacial score (nSPS) is 10.9. The van der Waals surface area contributed by atoms with Gasteiger partial charge in [-0.05, 0) is 31.2 Å². The zero-order valence-corrected chi connectivity index (χ0v) is 15.5. The second-order valence-corrected chi connectivity index (χ2v) is 6.59. The van der Waals surface area contributed by atoms with E-state index in [1.165, 1.54) is 0 Å². The molecule has 27 heavy (non-hydrogen) atoms. The highest BCUT2D eigenvalue weighted by molar-refractivity contribution is 6.35. The van der Waals surface area contributed by atoms with E-state index in [0.29, 0.717) is 33.0 Å². The first kappa shape index (κ1) is 17.2. The molecule has 0 fully saturated rings. The van der Waals surface area contributed by atoms with Crippen LogP contribution in [0.4, 0.5) is 5.82 Å². The monoisotopic (exact) mass is 377 g/mol. The molecule has 1 N–H and O–H groups in total. The van der Waals surface area contributed by atoms with E-state index in [0.717, 1.165) is 11.3 Å². The largest absolute Gasteiger partial charge is 0.305 e. The molecule has 0 saturated heterocycles. The maximum atomic E-state index is 13.0. The van der Waals surface area contributed by atoms with Crippen molar-refractivity contribution in [3.8, 4) is 11.3 Å². The highest BCUT2D eigenvalue weighted by Gasteiger charge is 2.17. The molecule has 0 atom stereocenters. The summed E-state index contributed by atoms with van der Waals surface area (Å²) in [5, 5.41) is 8.31. The Kier molecular flexibility index (Phi) is 4.33. The average molecular weight is 378 g/mol. The minimum absolute atomic E-state index is 0.270. The van der Waals surface area contributed by atoms with E-state index < -0.39 is 0 Å². The minimum Gasteiger partial charge on any atom is -0.305 e. The van der Waals surface area contributed by atoms with Crippen molar-refractivity contribution in [3.63, 3.8) is 0 Å².